The Balaban J connectivity index is 0.000000175. The van der Waals surface area contributed by atoms with E-state index in [4.69, 9.17) is 44.9 Å². The van der Waals surface area contributed by atoms with E-state index in [1.165, 1.54) is 0 Å². The number of nitrogens with two attached hydrogens (primary N) is 5. The van der Waals surface area contributed by atoms with E-state index < -0.39 is 0 Å². The number of aromatic amines is 2. The van der Waals surface area contributed by atoms with E-state index in [-0.39, 0.29) is 53.8 Å². The van der Waals surface area contributed by atoms with Crippen molar-refractivity contribution in [3.63, 3.8) is 0 Å². The lowest BCUT2D eigenvalue weighted by Gasteiger charge is -2.23. The van der Waals surface area contributed by atoms with E-state index >= 15 is 0 Å². The summed E-state index contributed by atoms with van der Waals surface area (Å²) in [6.45, 7) is 19.3. The van der Waals surface area contributed by atoms with E-state index in [1.54, 1.807) is 39.1 Å². The first-order chi connectivity index (χ1) is 54.6. The monoisotopic (exact) mass is 1530 g/mol. The quantitative estimate of drug-likeness (QED) is 0.0124. The largest absolute Gasteiger partial charge is 0.386 e. The summed E-state index contributed by atoms with van der Waals surface area (Å²) in [6.07, 6.45) is 5.70. The maximum absolute atomic E-state index is 12.6. The molecule has 5 amide bonds. The van der Waals surface area contributed by atoms with Gasteiger partial charge >= 0.3 is 12.1 Å². The van der Waals surface area contributed by atoms with Crippen LogP contribution in [0.5, 0.6) is 0 Å². The van der Waals surface area contributed by atoms with Crippen molar-refractivity contribution in [3.05, 3.63) is 268 Å². The molecule has 10 aromatic rings. The van der Waals surface area contributed by atoms with Crippen LogP contribution in [-0.4, -0.2) is 117 Å². The van der Waals surface area contributed by atoms with Crippen molar-refractivity contribution in [1.29, 1.82) is 16.2 Å². The van der Waals surface area contributed by atoms with E-state index in [9.17, 15) is 19.2 Å². The number of benzene rings is 8. The van der Waals surface area contributed by atoms with Crippen molar-refractivity contribution in [2.75, 3.05) is 46.2 Å². The molecule has 2 aliphatic carbocycles. The predicted octanol–water partition coefficient (Wildman–Crippen LogP) is 14.4. The Kier molecular flexibility index (Phi) is 29.4. The highest BCUT2D eigenvalue weighted by atomic mass is 16.2. The highest BCUT2D eigenvalue weighted by Gasteiger charge is 2.24. The predicted molar refractivity (Wildman–Crippen MR) is 467 cm³/mol. The Morgan fingerprint density at radius 2 is 1.03 bits per heavy atom. The van der Waals surface area contributed by atoms with E-state index in [2.05, 4.69) is 96.0 Å². The zero-order valence-corrected chi connectivity index (χ0v) is 65.0. The van der Waals surface area contributed by atoms with E-state index in [1.807, 2.05) is 204 Å². The molecule has 21 N–H and O–H groups in total. The zero-order chi connectivity index (χ0) is 82.0. The number of nitrogens with one attached hydrogen (secondary N) is 11. The number of para-hydroxylation sites is 2. The Hall–Kier alpha value is -14.6. The van der Waals surface area contributed by atoms with Crippen LogP contribution in [0.1, 0.15) is 139 Å². The number of nitrogens with zero attached hydrogens (tertiary/aromatic N) is 8. The molecular formula is C86H96N24O4. The van der Waals surface area contributed by atoms with Crippen LogP contribution in [0.25, 0.3) is 21.8 Å². The van der Waals surface area contributed by atoms with Crippen molar-refractivity contribution >= 4 is 137 Å². The third-order valence-corrected chi connectivity index (χ3v) is 17.9. The number of aliphatic imine (C=N–C) groups is 3. The number of Topliss-reactive ketones (excluding diaryl/α,β-unsaturated/α-hetero) is 1. The van der Waals surface area contributed by atoms with Gasteiger partial charge in [-0.05, 0) is 198 Å². The average molecular weight is 1530 g/mol. The molecule has 8 aromatic carbocycles. The standard InChI is InChI=1S/C24H30N8O.C23H27N7O.C20H20N4O.C19H19N5O/c1-14-4-5-18-12-20(10-11-21(18)22(14)31-32-23(26)27)30-24(33)29-19-8-6-17(7-9-19)16(3)28-13-15(2)25;1-14(24)12-28-21-10-5-17-11-19(8-9-20(17)21)30-23(31)29-18-6-3-16(4-7-18)15(2)27-13-22(25)26;1-13(23-24-14(2)21)16-9-7-15(8-10-16)11-20(25)18-12-22-19-6-4-3-5-17(18)19;1-12(23-24-13(2)20)14-7-9-16(10-8-14)21-19(25)18-11-15-5-3-4-6-17(15)22-18/h6-12,14,25H,4-5,13H2,1-3H3,(H4,26,27,32)(H2,29,30,33);3-4,6-9,11,24H,5,10,12-13H2,1-2H3,(H3,25,26)(H2,29,30,31);3-10,12,22H,11H2,1-2H3,(H2,21,24);3-11,22,24H,2,20H2,1H3,(H,21,25)/b;;23-13+;23-12+. The number of hydrogen-bond acceptors (Lipinski definition) is 17. The van der Waals surface area contributed by atoms with Gasteiger partial charge in [0.2, 0.25) is 5.96 Å². The summed E-state index contributed by atoms with van der Waals surface area (Å²) >= 11 is 0. The number of amidine groups is 2. The van der Waals surface area contributed by atoms with Crippen molar-refractivity contribution in [1.82, 2.24) is 15.4 Å². The van der Waals surface area contributed by atoms with Crippen molar-refractivity contribution < 1.29 is 19.2 Å². The Morgan fingerprint density at radius 3 is 1.59 bits per heavy atom. The van der Waals surface area contributed by atoms with Gasteiger partial charge in [0, 0.05) is 108 Å². The van der Waals surface area contributed by atoms with Gasteiger partial charge in [0.05, 0.1) is 36.8 Å². The first-order valence-electron chi connectivity index (χ1n) is 36.6. The molecule has 28 heteroatoms. The first-order valence-corrected chi connectivity index (χ1v) is 36.6. The number of aryl methyl sites for hydroxylation is 2. The van der Waals surface area contributed by atoms with Gasteiger partial charge in [-0.2, -0.15) is 15.3 Å². The van der Waals surface area contributed by atoms with Crippen molar-refractivity contribution in [2.24, 2.45) is 75.1 Å². The van der Waals surface area contributed by atoms with Gasteiger partial charge < -0.3 is 76.0 Å². The SMILES string of the molecule is C=C(N)N/N=C(\C)c1ccc(NC(=O)c2cc3ccccc3[nH]2)cc1.CC(=N)CN=C(C)c1ccc(NC(=O)Nc2ccc3c(c2)CCC(C)C3=NN=C(N)N)cc1.CC(=N)CN=C1CCc2cc(NC(=O)Nc3ccc(C(C)=NCC(=N)N)cc3)ccc21.CC(N)=N/N=C(\C)c1ccc(CC(=O)c2c[nH]c3ccccc23)cc1. The Bertz CT molecular complexity index is 5430. The molecule has 584 valence electrons. The summed E-state index contributed by atoms with van der Waals surface area (Å²) < 4.78 is 0. The summed E-state index contributed by atoms with van der Waals surface area (Å²) in [7, 11) is 0. The third-order valence-electron chi connectivity index (χ3n) is 17.9. The fraction of sp³-hybridized carbons (Fsp3) is 0.198. The fourth-order valence-electron chi connectivity index (χ4n) is 12.0. The molecule has 1 unspecified atom stereocenters. The van der Waals surface area contributed by atoms with Crippen LogP contribution in [0.3, 0.4) is 0 Å². The molecule has 28 nitrogen and oxygen atoms in total. The van der Waals surface area contributed by atoms with Gasteiger partial charge in [-0.1, -0.05) is 123 Å². The third kappa shape index (κ3) is 25.0. The molecule has 0 aliphatic heterocycles. The second-order valence-electron chi connectivity index (χ2n) is 27.3. The van der Waals surface area contributed by atoms with Crippen LogP contribution in [0.4, 0.5) is 38.0 Å². The lowest BCUT2D eigenvalue weighted by atomic mass is 9.83. The van der Waals surface area contributed by atoms with Gasteiger partial charge in [-0.25, -0.2) is 9.59 Å². The number of amides is 5. The maximum atomic E-state index is 12.6. The first kappa shape index (κ1) is 83.5. The molecule has 0 bridgehead atoms. The number of urea groups is 2. The van der Waals surface area contributed by atoms with E-state index in [0.29, 0.717) is 65.2 Å². The average Bonchev–Trinajstić information content (AvgIpc) is 0.852. The molecule has 0 radical (unpaired) electrons. The van der Waals surface area contributed by atoms with Gasteiger partial charge in [-0.15, -0.1) is 10.2 Å². The van der Waals surface area contributed by atoms with Gasteiger partial charge in [-0.3, -0.25) is 35.4 Å². The van der Waals surface area contributed by atoms with Crippen LogP contribution in [-0.2, 0) is 19.3 Å². The van der Waals surface area contributed by atoms with E-state index in [0.717, 1.165) is 143 Å². The summed E-state index contributed by atoms with van der Waals surface area (Å²) in [5.41, 5.74) is 51.4. The van der Waals surface area contributed by atoms with Gasteiger partial charge in [0.1, 0.15) is 23.2 Å². The molecule has 114 heavy (non-hydrogen) atoms. The molecule has 2 heterocycles. The number of anilines is 5. The number of guanidine groups is 1. The molecule has 12 rings (SSSR count). The molecular weight excluding hydrogens is 1430 g/mol. The summed E-state index contributed by atoms with van der Waals surface area (Å²) in [5, 5.41) is 58.6. The minimum Gasteiger partial charge on any atom is -0.386 e. The maximum Gasteiger partial charge on any atom is 0.323 e. The highest BCUT2D eigenvalue weighted by Crippen LogP contribution is 2.30. The molecule has 0 saturated heterocycles. The number of carbonyl (C=O) groups is 4. The molecule has 2 aliphatic rings. The van der Waals surface area contributed by atoms with Crippen LogP contribution in [0.15, 0.2) is 247 Å². The molecule has 0 saturated carbocycles. The lowest BCUT2D eigenvalue weighted by molar-refractivity contribution is 0.0992. The molecule has 0 fully saturated rings. The Morgan fingerprint density at radius 1 is 0.518 bits per heavy atom. The zero-order valence-electron chi connectivity index (χ0n) is 65.0. The number of H-pyrrole nitrogens is 2. The van der Waals surface area contributed by atoms with Crippen LogP contribution >= 0.6 is 0 Å². The summed E-state index contributed by atoms with van der Waals surface area (Å²) in [6, 6.07) is 58.3. The second kappa shape index (κ2) is 40.2. The number of fused-ring (bicyclic) bond motifs is 4. The summed E-state index contributed by atoms with van der Waals surface area (Å²) in [4.78, 5) is 69.3. The number of hydrazone groups is 1. The highest BCUT2D eigenvalue weighted by molar-refractivity contribution is 6.11. The Labute approximate surface area is 661 Å². The number of hydrogen-bond donors (Lipinski definition) is 16. The van der Waals surface area contributed by atoms with Gasteiger partial charge in [0.25, 0.3) is 5.91 Å². The molecule has 0 spiro atoms. The number of aromatic nitrogens is 2. The minimum absolute atomic E-state index is 0.0193. The molecule has 2 aromatic heterocycles. The lowest BCUT2D eigenvalue weighted by Crippen LogP contribution is -2.24. The topological polar surface area (TPSA) is 473 Å². The number of ketones is 1. The van der Waals surface area contributed by atoms with Gasteiger partial charge in [0.15, 0.2) is 5.78 Å². The number of rotatable bonds is 23. The minimum atomic E-state index is -0.328. The van der Waals surface area contributed by atoms with Crippen LogP contribution in [0.2, 0.25) is 0 Å². The number of carbonyl (C=O) groups excluding carboxylic acids is 4. The van der Waals surface area contributed by atoms with Crippen LogP contribution < -0.4 is 60.7 Å². The molecule has 1 atom stereocenters. The van der Waals surface area contributed by atoms with Crippen molar-refractivity contribution in [3.8, 4) is 0 Å². The van der Waals surface area contributed by atoms with Crippen LogP contribution in [0, 0.1) is 22.1 Å². The second-order valence-corrected chi connectivity index (χ2v) is 27.3. The van der Waals surface area contributed by atoms with Crippen molar-refractivity contribution in [2.45, 2.75) is 87.5 Å². The smallest absolute Gasteiger partial charge is 0.323 e. The fourth-order valence-corrected chi connectivity index (χ4v) is 12.0. The summed E-state index contributed by atoms with van der Waals surface area (Å²) in [5.74, 6) is 0.796. The normalized spacial score (nSPS) is 13.9.